The van der Waals surface area contributed by atoms with E-state index in [1.807, 2.05) is 24.4 Å². The van der Waals surface area contributed by atoms with E-state index in [-0.39, 0.29) is 0 Å². The maximum atomic E-state index is 4.18. The topological polar surface area (TPSA) is 12.9 Å². The molecule has 19 heavy (non-hydrogen) atoms. The largest absolute Gasteiger partial charge is 0.261 e. The number of aromatic nitrogens is 1. The van der Waals surface area contributed by atoms with Crippen LogP contribution in [-0.2, 0) is 6.42 Å². The minimum Gasteiger partial charge on any atom is -0.261 e. The van der Waals surface area contributed by atoms with Gasteiger partial charge in [-0.15, -0.1) is 0 Å². The molecule has 0 atom stereocenters. The Morgan fingerprint density at radius 2 is 1.47 bits per heavy atom. The number of rotatable bonds is 3. The third-order valence-electron chi connectivity index (χ3n) is 2.77. The van der Waals surface area contributed by atoms with E-state index in [0.29, 0.717) is 5.92 Å². The van der Waals surface area contributed by atoms with Gasteiger partial charge in [0.05, 0.1) is 0 Å². The fraction of sp³-hybridized carbons (Fsp3) is 0.389. The second kappa shape index (κ2) is 8.47. The molecule has 1 heteroatoms. The van der Waals surface area contributed by atoms with Crippen LogP contribution < -0.4 is 0 Å². The third kappa shape index (κ3) is 6.76. The van der Waals surface area contributed by atoms with Crippen molar-refractivity contribution in [2.24, 2.45) is 5.92 Å². The van der Waals surface area contributed by atoms with Crippen LogP contribution in [0.15, 0.2) is 54.7 Å². The molecule has 0 amide bonds. The highest BCUT2D eigenvalue weighted by Crippen LogP contribution is 2.08. The lowest BCUT2D eigenvalue weighted by atomic mass is 10.0. The molecular weight excluding hydrogens is 230 g/mol. The molecule has 1 aromatic carbocycles. The molecule has 0 saturated heterocycles. The summed E-state index contributed by atoms with van der Waals surface area (Å²) in [6.45, 7) is 8.77. The van der Waals surface area contributed by atoms with Crippen LogP contribution in [0.1, 0.15) is 44.9 Å². The first-order valence-electron chi connectivity index (χ1n) is 7.04. The Hall–Kier alpha value is -1.63. The zero-order chi connectivity index (χ0) is 14.1. The predicted octanol–water partition coefficient (Wildman–Crippen LogP) is 5.09. The van der Waals surface area contributed by atoms with Gasteiger partial charge in [0.25, 0.3) is 0 Å². The maximum Gasteiger partial charge on any atom is 0.0428 e. The summed E-state index contributed by atoms with van der Waals surface area (Å²) < 4.78 is 0. The second-order valence-corrected chi connectivity index (χ2v) is 5.49. The van der Waals surface area contributed by atoms with Crippen LogP contribution in [0.2, 0.25) is 0 Å². The third-order valence-corrected chi connectivity index (χ3v) is 2.77. The van der Waals surface area contributed by atoms with Gasteiger partial charge in [-0.2, -0.15) is 0 Å². The number of hydrogen-bond donors (Lipinski definition) is 0. The Bertz CT molecular complexity index is 432. The molecule has 0 spiro atoms. The normalized spacial score (nSPS) is 10.2. The summed E-state index contributed by atoms with van der Waals surface area (Å²) in [5.74, 6) is 1.31. The van der Waals surface area contributed by atoms with E-state index < -0.39 is 0 Å². The van der Waals surface area contributed by atoms with Crippen molar-refractivity contribution >= 4 is 0 Å². The SMILES string of the molecule is CC(C)Cc1ccccc1.CC(C)c1ccccn1. The minimum absolute atomic E-state index is 0.547. The molecule has 0 N–H and O–H groups in total. The van der Waals surface area contributed by atoms with Gasteiger partial charge in [-0.1, -0.05) is 64.1 Å². The van der Waals surface area contributed by atoms with E-state index in [1.54, 1.807) is 0 Å². The summed E-state index contributed by atoms with van der Waals surface area (Å²) in [5, 5.41) is 0. The Labute approximate surface area is 117 Å². The van der Waals surface area contributed by atoms with Crippen molar-refractivity contribution in [3.8, 4) is 0 Å². The van der Waals surface area contributed by atoms with Gasteiger partial charge in [-0.3, -0.25) is 4.98 Å². The number of pyridine rings is 1. The summed E-state index contributed by atoms with van der Waals surface area (Å²) >= 11 is 0. The molecule has 1 nitrogen and oxygen atoms in total. The van der Waals surface area contributed by atoms with Crippen LogP contribution in [0.4, 0.5) is 0 Å². The van der Waals surface area contributed by atoms with Gasteiger partial charge in [-0.25, -0.2) is 0 Å². The zero-order valence-electron chi connectivity index (χ0n) is 12.5. The van der Waals surface area contributed by atoms with E-state index in [1.165, 1.54) is 12.0 Å². The Morgan fingerprint density at radius 3 is 1.89 bits per heavy atom. The van der Waals surface area contributed by atoms with Gasteiger partial charge >= 0.3 is 0 Å². The highest BCUT2D eigenvalue weighted by molar-refractivity contribution is 5.14. The monoisotopic (exact) mass is 255 g/mol. The Morgan fingerprint density at radius 1 is 0.842 bits per heavy atom. The summed E-state index contributed by atoms with van der Waals surface area (Å²) in [7, 11) is 0. The Balaban J connectivity index is 0.000000191. The Kier molecular flexibility index (Phi) is 6.88. The van der Waals surface area contributed by atoms with E-state index in [2.05, 4.69) is 63.0 Å². The highest BCUT2D eigenvalue weighted by Gasteiger charge is 1.95. The summed E-state index contributed by atoms with van der Waals surface area (Å²) in [4.78, 5) is 4.18. The average Bonchev–Trinajstić information content (AvgIpc) is 2.41. The van der Waals surface area contributed by atoms with Crippen LogP contribution in [-0.4, -0.2) is 4.98 Å². The molecule has 0 aliphatic heterocycles. The smallest absolute Gasteiger partial charge is 0.0428 e. The molecule has 0 unspecified atom stereocenters. The lowest BCUT2D eigenvalue weighted by Crippen LogP contribution is -1.92. The first kappa shape index (κ1) is 15.4. The minimum atomic E-state index is 0.547. The molecule has 102 valence electrons. The maximum absolute atomic E-state index is 4.18. The number of nitrogens with zero attached hydrogens (tertiary/aromatic N) is 1. The van der Waals surface area contributed by atoms with Crippen LogP contribution in [0, 0.1) is 5.92 Å². The number of hydrogen-bond acceptors (Lipinski definition) is 1. The lowest BCUT2D eigenvalue weighted by molar-refractivity contribution is 0.647. The van der Waals surface area contributed by atoms with Crippen molar-refractivity contribution in [2.75, 3.05) is 0 Å². The molecule has 0 radical (unpaired) electrons. The molecule has 0 saturated carbocycles. The van der Waals surface area contributed by atoms with E-state index in [0.717, 1.165) is 11.6 Å². The first-order chi connectivity index (χ1) is 9.09. The predicted molar refractivity (Wildman–Crippen MR) is 83.3 cm³/mol. The van der Waals surface area contributed by atoms with Gasteiger partial charge in [0.2, 0.25) is 0 Å². The fourth-order valence-corrected chi connectivity index (χ4v) is 1.80. The molecule has 1 heterocycles. The van der Waals surface area contributed by atoms with E-state index >= 15 is 0 Å². The van der Waals surface area contributed by atoms with Crippen molar-refractivity contribution in [1.82, 2.24) is 4.98 Å². The molecule has 2 aromatic rings. The standard InChI is InChI=1S/C10H14.C8H11N/c1-9(2)8-10-6-4-3-5-7-10;1-7(2)8-5-3-4-6-9-8/h3-7,9H,8H2,1-2H3;3-7H,1-2H3. The van der Waals surface area contributed by atoms with Crippen molar-refractivity contribution in [3.63, 3.8) is 0 Å². The van der Waals surface area contributed by atoms with Gasteiger partial charge < -0.3 is 0 Å². The fourth-order valence-electron chi connectivity index (χ4n) is 1.80. The van der Waals surface area contributed by atoms with Crippen LogP contribution in [0.25, 0.3) is 0 Å². The van der Waals surface area contributed by atoms with Crippen molar-refractivity contribution in [3.05, 3.63) is 66.0 Å². The van der Waals surface area contributed by atoms with Gasteiger partial charge in [0.1, 0.15) is 0 Å². The van der Waals surface area contributed by atoms with Crippen LogP contribution in [0.5, 0.6) is 0 Å². The summed E-state index contributed by atoms with van der Waals surface area (Å²) in [6.07, 6.45) is 3.02. The van der Waals surface area contributed by atoms with Crippen molar-refractivity contribution in [1.29, 1.82) is 0 Å². The summed E-state index contributed by atoms with van der Waals surface area (Å²) in [6, 6.07) is 16.6. The molecule has 0 fully saturated rings. The number of benzene rings is 1. The second-order valence-electron chi connectivity index (χ2n) is 5.49. The quantitative estimate of drug-likeness (QED) is 0.744. The molecular formula is C18H25N. The van der Waals surface area contributed by atoms with E-state index in [9.17, 15) is 0 Å². The molecule has 0 aliphatic carbocycles. The molecule has 1 aromatic heterocycles. The lowest BCUT2D eigenvalue weighted by Gasteiger charge is -2.02. The van der Waals surface area contributed by atoms with E-state index in [4.69, 9.17) is 0 Å². The zero-order valence-corrected chi connectivity index (χ0v) is 12.5. The van der Waals surface area contributed by atoms with Gasteiger partial charge in [0.15, 0.2) is 0 Å². The first-order valence-corrected chi connectivity index (χ1v) is 7.04. The van der Waals surface area contributed by atoms with Crippen molar-refractivity contribution in [2.45, 2.75) is 40.0 Å². The molecule has 0 bridgehead atoms. The van der Waals surface area contributed by atoms with Gasteiger partial charge in [-0.05, 0) is 36.0 Å². The van der Waals surface area contributed by atoms with Crippen LogP contribution in [0.3, 0.4) is 0 Å². The van der Waals surface area contributed by atoms with Crippen molar-refractivity contribution < 1.29 is 0 Å². The molecule has 2 rings (SSSR count). The van der Waals surface area contributed by atoms with Crippen LogP contribution >= 0.6 is 0 Å². The average molecular weight is 255 g/mol. The summed E-state index contributed by atoms with van der Waals surface area (Å²) in [5.41, 5.74) is 2.61. The molecule has 0 aliphatic rings. The van der Waals surface area contributed by atoms with Gasteiger partial charge in [0, 0.05) is 11.9 Å². The highest BCUT2D eigenvalue weighted by atomic mass is 14.7.